The molecule has 0 aromatic rings. The normalized spacial score (nSPS) is 24.9. The number of carbonyl (C=O) groups is 1. The lowest BCUT2D eigenvalue weighted by atomic mass is 9.85. The van der Waals surface area contributed by atoms with Crippen LogP contribution in [0.1, 0.15) is 33.1 Å². The lowest BCUT2D eigenvalue weighted by Gasteiger charge is -2.34. The molecule has 4 heteroatoms. The van der Waals surface area contributed by atoms with Gasteiger partial charge in [-0.1, -0.05) is 13.8 Å². The van der Waals surface area contributed by atoms with E-state index in [4.69, 9.17) is 16.3 Å². The molecule has 1 aliphatic rings. The van der Waals surface area contributed by atoms with Crippen LogP contribution >= 0.6 is 11.6 Å². The Hall–Kier alpha value is -0.280. The van der Waals surface area contributed by atoms with E-state index >= 15 is 0 Å². The highest BCUT2D eigenvalue weighted by Gasteiger charge is 2.27. The van der Waals surface area contributed by atoms with Crippen LogP contribution in [0.25, 0.3) is 0 Å². The van der Waals surface area contributed by atoms with Crippen LogP contribution in [0.4, 0.5) is 0 Å². The Morgan fingerprint density at radius 2 is 2.33 bits per heavy atom. The maximum atomic E-state index is 10.9. The fraction of sp³-hybridized carbons (Fsp3) is 0.909. The second kappa shape index (κ2) is 5.71. The summed E-state index contributed by atoms with van der Waals surface area (Å²) >= 11 is 5.37. The smallest absolute Gasteiger partial charge is 0.234 e. The molecular weight excluding hydrogens is 214 g/mol. The molecular formula is C11H20ClNO2. The molecule has 0 aliphatic carbocycles. The molecule has 0 aromatic heterocycles. The zero-order valence-corrected chi connectivity index (χ0v) is 10.3. The summed E-state index contributed by atoms with van der Waals surface area (Å²) in [6, 6.07) is 0. The second-order valence-corrected chi connectivity index (χ2v) is 5.18. The van der Waals surface area contributed by atoms with E-state index in [-0.39, 0.29) is 11.8 Å². The first kappa shape index (κ1) is 12.8. The van der Waals surface area contributed by atoms with Gasteiger partial charge < -0.3 is 10.1 Å². The van der Waals surface area contributed by atoms with Gasteiger partial charge in [-0.2, -0.15) is 0 Å². The molecule has 0 bridgehead atoms. The number of nitrogens with one attached hydrogen (secondary N) is 1. The minimum atomic E-state index is -0.104. The molecule has 1 heterocycles. The maximum absolute atomic E-state index is 10.9. The fourth-order valence-electron chi connectivity index (χ4n) is 1.70. The average Bonchev–Trinajstić information content (AvgIpc) is 2.20. The van der Waals surface area contributed by atoms with Gasteiger partial charge in [0.25, 0.3) is 0 Å². The summed E-state index contributed by atoms with van der Waals surface area (Å²) < 4.78 is 5.72. The van der Waals surface area contributed by atoms with Crippen molar-refractivity contribution < 1.29 is 9.53 Å². The fourth-order valence-corrected chi connectivity index (χ4v) is 1.79. The van der Waals surface area contributed by atoms with Crippen molar-refractivity contribution in [1.29, 1.82) is 0 Å². The summed E-state index contributed by atoms with van der Waals surface area (Å²) in [4.78, 5) is 10.9. The summed E-state index contributed by atoms with van der Waals surface area (Å²) in [5, 5.41) is 2.75. The van der Waals surface area contributed by atoms with Gasteiger partial charge in [0.05, 0.1) is 12.7 Å². The molecule has 88 valence electrons. The minimum absolute atomic E-state index is 0.0402. The molecule has 15 heavy (non-hydrogen) atoms. The lowest BCUT2D eigenvalue weighted by molar-refractivity contribution is -0.118. The Balaban J connectivity index is 2.11. The third-order valence-corrected chi connectivity index (χ3v) is 3.01. The van der Waals surface area contributed by atoms with E-state index in [0.717, 1.165) is 19.4 Å². The third-order valence-electron chi connectivity index (χ3n) is 2.76. The number of ether oxygens (including phenoxy) is 1. The van der Waals surface area contributed by atoms with Gasteiger partial charge in [0.1, 0.15) is 5.88 Å². The molecule has 0 radical (unpaired) electrons. The van der Waals surface area contributed by atoms with Crippen LogP contribution in [0, 0.1) is 5.41 Å². The minimum Gasteiger partial charge on any atom is -0.378 e. The summed E-state index contributed by atoms with van der Waals surface area (Å²) in [7, 11) is 0. The van der Waals surface area contributed by atoms with E-state index in [1.54, 1.807) is 0 Å². The van der Waals surface area contributed by atoms with Crippen molar-refractivity contribution in [3.63, 3.8) is 0 Å². The molecule has 0 spiro atoms. The van der Waals surface area contributed by atoms with Crippen molar-refractivity contribution in [3.05, 3.63) is 0 Å². The molecule has 1 amide bonds. The lowest BCUT2D eigenvalue weighted by Crippen LogP contribution is -2.34. The quantitative estimate of drug-likeness (QED) is 0.754. The highest BCUT2D eigenvalue weighted by molar-refractivity contribution is 6.27. The molecule has 3 nitrogen and oxygen atoms in total. The van der Waals surface area contributed by atoms with E-state index in [2.05, 4.69) is 19.2 Å². The van der Waals surface area contributed by atoms with E-state index in [1.807, 2.05) is 0 Å². The van der Waals surface area contributed by atoms with Crippen LogP contribution in [-0.4, -0.2) is 31.0 Å². The van der Waals surface area contributed by atoms with Gasteiger partial charge >= 0.3 is 0 Å². The van der Waals surface area contributed by atoms with Gasteiger partial charge in [0.2, 0.25) is 5.91 Å². The molecule has 0 saturated carbocycles. The first-order valence-electron chi connectivity index (χ1n) is 5.48. The van der Waals surface area contributed by atoms with Crippen LogP contribution in [0.15, 0.2) is 0 Å². The van der Waals surface area contributed by atoms with Crippen molar-refractivity contribution in [2.75, 3.05) is 19.0 Å². The molecule has 1 aliphatic heterocycles. The summed E-state index contributed by atoms with van der Waals surface area (Å²) in [5.41, 5.74) is 0.315. The number of carbonyl (C=O) groups excluding carboxylic acids is 1. The number of hydrogen-bond donors (Lipinski definition) is 1. The first-order valence-corrected chi connectivity index (χ1v) is 6.01. The maximum Gasteiger partial charge on any atom is 0.234 e. The van der Waals surface area contributed by atoms with Gasteiger partial charge in [0, 0.05) is 6.54 Å². The molecule has 1 atom stereocenters. The van der Waals surface area contributed by atoms with Crippen molar-refractivity contribution >= 4 is 17.5 Å². The SMILES string of the molecule is CC1(C)CCC(CCNC(=O)CCl)OC1. The van der Waals surface area contributed by atoms with Crippen LogP contribution in [0.5, 0.6) is 0 Å². The zero-order valence-electron chi connectivity index (χ0n) is 9.51. The van der Waals surface area contributed by atoms with Crippen molar-refractivity contribution in [2.24, 2.45) is 5.41 Å². The highest BCUT2D eigenvalue weighted by Crippen LogP contribution is 2.30. The Morgan fingerprint density at radius 3 is 2.87 bits per heavy atom. The predicted octanol–water partition coefficient (Wildman–Crippen LogP) is 1.94. The van der Waals surface area contributed by atoms with Crippen molar-refractivity contribution in [3.8, 4) is 0 Å². The Morgan fingerprint density at radius 1 is 1.60 bits per heavy atom. The average molecular weight is 234 g/mol. The molecule has 1 saturated heterocycles. The molecule has 1 rings (SSSR count). The molecule has 1 fully saturated rings. The van der Waals surface area contributed by atoms with Crippen LogP contribution in [-0.2, 0) is 9.53 Å². The summed E-state index contributed by atoms with van der Waals surface area (Å²) in [5.74, 6) is -0.0637. The van der Waals surface area contributed by atoms with E-state index < -0.39 is 0 Å². The number of alkyl halides is 1. The van der Waals surface area contributed by atoms with E-state index in [9.17, 15) is 4.79 Å². The summed E-state index contributed by atoms with van der Waals surface area (Å²) in [6.07, 6.45) is 3.47. The second-order valence-electron chi connectivity index (χ2n) is 4.91. The van der Waals surface area contributed by atoms with Gasteiger partial charge in [-0.15, -0.1) is 11.6 Å². The zero-order chi connectivity index (χ0) is 11.3. The highest BCUT2D eigenvalue weighted by atomic mass is 35.5. The van der Waals surface area contributed by atoms with Crippen molar-refractivity contribution in [1.82, 2.24) is 5.32 Å². The first-order chi connectivity index (χ1) is 7.03. The molecule has 1 N–H and O–H groups in total. The van der Waals surface area contributed by atoms with Gasteiger partial charge in [-0.3, -0.25) is 4.79 Å². The molecule has 1 unspecified atom stereocenters. The van der Waals surface area contributed by atoms with Crippen LogP contribution in [0.2, 0.25) is 0 Å². The topological polar surface area (TPSA) is 38.3 Å². The number of halogens is 1. The standard InChI is InChI=1S/C11H20ClNO2/c1-11(2)5-3-9(15-8-11)4-6-13-10(14)7-12/h9H,3-8H2,1-2H3,(H,13,14). The van der Waals surface area contributed by atoms with Gasteiger partial charge in [-0.25, -0.2) is 0 Å². The third kappa shape index (κ3) is 4.85. The van der Waals surface area contributed by atoms with Crippen LogP contribution < -0.4 is 5.32 Å². The Kier molecular flexibility index (Phi) is 4.87. The van der Waals surface area contributed by atoms with Gasteiger partial charge in [0.15, 0.2) is 0 Å². The number of hydrogen-bond acceptors (Lipinski definition) is 2. The van der Waals surface area contributed by atoms with E-state index in [0.29, 0.717) is 18.1 Å². The predicted molar refractivity (Wildman–Crippen MR) is 61.1 cm³/mol. The summed E-state index contributed by atoms with van der Waals surface area (Å²) in [6.45, 7) is 5.93. The van der Waals surface area contributed by atoms with Gasteiger partial charge in [-0.05, 0) is 24.7 Å². The monoisotopic (exact) mass is 233 g/mol. The molecule has 0 aromatic carbocycles. The largest absolute Gasteiger partial charge is 0.378 e. The van der Waals surface area contributed by atoms with Crippen molar-refractivity contribution in [2.45, 2.75) is 39.2 Å². The van der Waals surface area contributed by atoms with E-state index in [1.165, 1.54) is 6.42 Å². The number of rotatable bonds is 4. The van der Waals surface area contributed by atoms with Crippen LogP contribution in [0.3, 0.4) is 0 Å². The number of amides is 1. The Bertz CT molecular complexity index is 209. The Labute approximate surface area is 96.5 Å².